The summed E-state index contributed by atoms with van der Waals surface area (Å²) in [7, 11) is 0. The topological polar surface area (TPSA) is 71.1 Å². The smallest absolute Gasteiger partial charge is 0.421 e. The molecule has 0 unspecified atom stereocenters. The quantitative estimate of drug-likeness (QED) is 0.469. The summed E-state index contributed by atoms with van der Waals surface area (Å²) in [4.78, 5) is 22.7. The molecular weight excluding hydrogens is 350 g/mol. The van der Waals surface area contributed by atoms with Gasteiger partial charge in [0.15, 0.2) is 13.2 Å². The van der Waals surface area contributed by atoms with Gasteiger partial charge in [0.25, 0.3) is 0 Å². The predicted octanol–water partition coefficient (Wildman–Crippen LogP) is 3.70. The Morgan fingerprint density at radius 3 is 1.38 bits per heavy atom. The molecule has 134 valence electrons. The largest absolute Gasteiger partial charge is 0.514 e. The van der Waals surface area contributed by atoms with E-state index in [1.54, 1.807) is 0 Å². The van der Waals surface area contributed by atoms with Crippen molar-refractivity contribution in [1.29, 1.82) is 0 Å². The molecule has 0 aliphatic carbocycles. The van der Waals surface area contributed by atoms with E-state index in [0.29, 0.717) is 0 Å². The third-order valence-corrected chi connectivity index (χ3v) is 2.68. The SMILES string of the molecule is O=C(OCC#CCOC(=O)Oc1ccc(F)cc1)Oc1ccc(F)cc1. The highest BCUT2D eigenvalue weighted by Gasteiger charge is 2.06. The Morgan fingerprint density at radius 1 is 0.692 bits per heavy atom. The molecule has 0 atom stereocenters. The van der Waals surface area contributed by atoms with Crippen LogP contribution in [0.1, 0.15) is 0 Å². The Kier molecular flexibility index (Phi) is 6.94. The van der Waals surface area contributed by atoms with Crippen molar-refractivity contribution in [3.05, 3.63) is 60.2 Å². The molecule has 0 aliphatic rings. The molecule has 26 heavy (non-hydrogen) atoms. The van der Waals surface area contributed by atoms with Crippen molar-refractivity contribution in [1.82, 2.24) is 0 Å². The molecule has 6 nitrogen and oxygen atoms in total. The zero-order valence-corrected chi connectivity index (χ0v) is 13.2. The lowest BCUT2D eigenvalue weighted by molar-refractivity contribution is 0.108. The maximum Gasteiger partial charge on any atom is 0.514 e. The normalized spacial score (nSPS) is 9.46. The summed E-state index contributed by atoms with van der Waals surface area (Å²) in [6.45, 7) is -0.590. The van der Waals surface area contributed by atoms with Crippen molar-refractivity contribution < 1.29 is 37.3 Å². The summed E-state index contributed by atoms with van der Waals surface area (Å²) >= 11 is 0. The maximum atomic E-state index is 12.7. The number of benzene rings is 2. The lowest BCUT2D eigenvalue weighted by atomic mass is 10.3. The number of carbonyl (C=O) groups is 2. The van der Waals surface area contributed by atoms with Crippen LogP contribution in [0.4, 0.5) is 18.4 Å². The average Bonchev–Trinajstić information content (AvgIpc) is 2.62. The van der Waals surface area contributed by atoms with Crippen molar-refractivity contribution >= 4 is 12.3 Å². The van der Waals surface area contributed by atoms with Crippen LogP contribution < -0.4 is 9.47 Å². The van der Waals surface area contributed by atoms with E-state index >= 15 is 0 Å². The van der Waals surface area contributed by atoms with Crippen LogP contribution in [0, 0.1) is 23.5 Å². The van der Waals surface area contributed by atoms with Crippen LogP contribution in [0.25, 0.3) is 0 Å². The van der Waals surface area contributed by atoms with Crippen LogP contribution >= 0.6 is 0 Å². The van der Waals surface area contributed by atoms with Crippen molar-refractivity contribution in [3.8, 4) is 23.3 Å². The third-order valence-electron chi connectivity index (χ3n) is 2.68. The highest BCUT2D eigenvalue weighted by Crippen LogP contribution is 2.12. The molecule has 0 N–H and O–H groups in total. The zero-order chi connectivity index (χ0) is 18.8. The van der Waals surface area contributed by atoms with Crippen LogP contribution in [0.3, 0.4) is 0 Å². The minimum atomic E-state index is -1.01. The molecule has 0 saturated carbocycles. The van der Waals surface area contributed by atoms with Gasteiger partial charge in [0.2, 0.25) is 0 Å². The molecule has 2 rings (SSSR count). The summed E-state index contributed by atoms with van der Waals surface area (Å²) in [6, 6.07) is 9.59. The molecule has 8 heteroatoms. The van der Waals surface area contributed by atoms with Gasteiger partial charge in [-0.1, -0.05) is 11.8 Å². The fourth-order valence-corrected chi connectivity index (χ4v) is 1.55. The second-order valence-corrected chi connectivity index (χ2v) is 4.54. The molecule has 0 spiro atoms. The standard InChI is InChI=1S/C18H12F2O6/c19-13-3-7-15(8-4-13)25-17(21)23-11-1-2-12-24-18(22)26-16-9-5-14(20)6-10-16/h3-10H,11-12H2. The Balaban J connectivity index is 1.62. The van der Waals surface area contributed by atoms with E-state index in [9.17, 15) is 18.4 Å². The Hall–Kier alpha value is -3.60. The predicted molar refractivity (Wildman–Crippen MR) is 84.5 cm³/mol. The summed E-state index contributed by atoms with van der Waals surface area (Å²) in [5.74, 6) is 4.16. The van der Waals surface area contributed by atoms with Gasteiger partial charge < -0.3 is 18.9 Å². The molecule has 0 aromatic heterocycles. The first kappa shape index (κ1) is 18.7. The summed E-state index contributed by atoms with van der Waals surface area (Å²) in [5.41, 5.74) is 0. The van der Waals surface area contributed by atoms with Gasteiger partial charge in [0.05, 0.1) is 0 Å². The lowest BCUT2D eigenvalue weighted by Gasteiger charge is -2.03. The molecule has 0 aliphatic heterocycles. The first-order valence-corrected chi connectivity index (χ1v) is 7.19. The number of carbonyl (C=O) groups excluding carboxylic acids is 2. The fraction of sp³-hybridized carbons (Fsp3) is 0.111. The third kappa shape index (κ3) is 6.88. The first-order valence-electron chi connectivity index (χ1n) is 7.19. The minimum Gasteiger partial charge on any atom is -0.421 e. The number of hydrogen-bond acceptors (Lipinski definition) is 6. The molecule has 0 fully saturated rings. The second kappa shape index (κ2) is 9.64. The van der Waals surface area contributed by atoms with E-state index in [2.05, 4.69) is 21.3 Å². The first-order chi connectivity index (χ1) is 12.5. The van der Waals surface area contributed by atoms with Gasteiger partial charge in [-0.2, -0.15) is 0 Å². The van der Waals surface area contributed by atoms with Crippen LogP contribution in [0.15, 0.2) is 48.5 Å². The zero-order valence-electron chi connectivity index (χ0n) is 13.2. The van der Waals surface area contributed by atoms with Gasteiger partial charge >= 0.3 is 12.3 Å². The minimum absolute atomic E-state index is 0.122. The van der Waals surface area contributed by atoms with Gasteiger partial charge in [0, 0.05) is 0 Å². The van der Waals surface area contributed by atoms with Crippen molar-refractivity contribution in [3.63, 3.8) is 0 Å². The van der Waals surface area contributed by atoms with E-state index in [4.69, 9.17) is 9.47 Å². The van der Waals surface area contributed by atoms with Crippen molar-refractivity contribution in [2.24, 2.45) is 0 Å². The van der Waals surface area contributed by atoms with Crippen LogP contribution in [0.5, 0.6) is 11.5 Å². The highest BCUT2D eigenvalue weighted by molar-refractivity contribution is 5.64. The number of hydrogen-bond donors (Lipinski definition) is 0. The van der Waals surface area contributed by atoms with Crippen molar-refractivity contribution in [2.45, 2.75) is 0 Å². The maximum absolute atomic E-state index is 12.7. The molecule has 2 aromatic rings. The molecule has 0 saturated heterocycles. The molecule has 0 amide bonds. The number of rotatable bonds is 4. The van der Waals surface area contributed by atoms with Crippen LogP contribution in [-0.2, 0) is 9.47 Å². The lowest BCUT2D eigenvalue weighted by Crippen LogP contribution is -2.11. The van der Waals surface area contributed by atoms with E-state index in [-0.39, 0.29) is 24.7 Å². The van der Waals surface area contributed by atoms with Crippen LogP contribution in [0.2, 0.25) is 0 Å². The fourth-order valence-electron chi connectivity index (χ4n) is 1.55. The Morgan fingerprint density at radius 2 is 1.04 bits per heavy atom. The van der Waals surface area contributed by atoms with Crippen LogP contribution in [-0.4, -0.2) is 25.5 Å². The molecular formula is C18H12F2O6. The van der Waals surface area contributed by atoms with Gasteiger partial charge in [-0.25, -0.2) is 18.4 Å². The number of ether oxygens (including phenoxy) is 4. The van der Waals surface area contributed by atoms with E-state index in [1.165, 1.54) is 24.3 Å². The summed E-state index contributed by atoms with van der Waals surface area (Å²) < 4.78 is 44.2. The van der Waals surface area contributed by atoms with Crippen molar-refractivity contribution in [2.75, 3.05) is 13.2 Å². The second-order valence-electron chi connectivity index (χ2n) is 4.54. The van der Waals surface area contributed by atoms with Gasteiger partial charge in [-0.3, -0.25) is 0 Å². The van der Waals surface area contributed by atoms with E-state index in [1.807, 2.05) is 0 Å². The average molecular weight is 362 g/mol. The van der Waals surface area contributed by atoms with Gasteiger partial charge in [-0.05, 0) is 48.5 Å². The molecule has 0 heterocycles. The molecule has 2 aromatic carbocycles. The molecule has 0 bridgehead atoms. The molecule has 0 radical (unpaired) electrons. The van der Waals surface area contributed by atoms with E-state index < -0.39 is 23.9 Å². The van der Waals surface area contributed by atoms with Gasteiger partial charge in [0.1, 0.15) is 23.1 Å². The van der Waals surface area contributed by atoms with E-state index in [0.717, 1.165) is 24.3 Å². The Labute approximate surface area is 147 Å². The number of halogens is 2. The summed E-state index contributed by atoms with van der Waals surface area (Å²) in [5, 5.41) is 0. The monoisotopic (exact) mass is 362 g/mol. The van der Waals surface area contributed by atoms with Gasteiger partial charge in [-0.15, -0.1) is 0 Å². The summed E-state index contributed by atoms with van der Waals surface area (Å²) in [6.07, 6.45) is -2.02. The Bertz CT molecular complexity index is 739. The highest BCUT2D eigenvalue weighted by atomic mass is 19.1.